The fourth-order valence-corrected chi connectivity index (χ4v) is 4.76. The third-order valence-electron chi connectivity index (χ3n) is 6.20. The Labute approximate surface area is 156 Å². The maximum Gasteiger partial charge on any atom is 0.251 e. The summed E-state index contributed by atoms with van der Waals surface area (Å²) in [5.74, 6) is 0.955. The van der Waals surface area contributed by atoms with Crippen molar-refractivity contribution in [1.29, 1.82) is 0 Å². The molecule has 0 aromatic heterocycles. The number of nitrogens with one attached hydrogen (secondary N) is 1. The molecule has 0 bridgehead atoms. The smallest absolute Gasteiger partial charge is 0.251 e. The van der Waals surface area contributed by atoms with Gasteiger partial charge in [0.2, 0.25) is 0 Å². The normalized spacial score (nSPS) is 25.3. The molecule has 2 aliphatic heterocycles. The predicted molar refractivity (Wildman–Crippen MR) is 101 cm³/mol. The van der Waals surface area contributed by atoms with Gasteiger partial charge in [0.05, 0.1) is 13.2 Å². The average molecular weight is 358 g/mol. The molecule has 1 aromatic carbocycles. The Kier molecular flexibility index (Phi) is 5.18. The molecule has 1 unspecified atom stereocenters. The summed E-state index contributed by atoms with van der Waals surface area (Å²) in [5, 5.41) is 3.25. The highest BCUT2D eigenvalue weighted by Crippen LogP contribution is 2.34. The summed E-state index contributed by atoms with van der Waals surface area (Å²) in [6.45, 7) is 6.36. The molecule has 2 heterocycles. The molecule has 5 nitrogen and oxygen atoms in total. The Bertz CT molecular complexity index is 649. The first-order valence-electron chi connectivity index (χ1n) is 10.1. The Morgan fingerprint density at radius 3 is 2.77 bits per heavy atom. The minimum Gasteiger partial charge on any atom is -0.490 e. The number of benzene rings is 1. The summed E-state index contributed by atoms with van der Waals surface area (Å²) < 4.78 is 11.3. The lowest BCUT2D eigenvalue weighted by atomic mass is 9.79. The van der Waals surface area contributed by atoms with E-state index in [1.165, 1.54) is 32.1 Å². The van der Waals surface area contributed by atoms with Crippen LogP contribution in [-0.4, -0.2) is 55.3 Å². The number of hydrogen-bond donors (Lipinski definition) is 1. The minimum absolute atomic E-state index is 0.0329. The first-order chi connectivity index (χ1) is 12.7. The van der Waals surface area contributed by atoms with Crippen LogP contribution in [0.25, 0.3) is 0 Å². The van der Waals surface area contributed by atoms with Gasteiger partial charge in [0.15, 0.2) is 0 Å². The minimum atomic E-state index is 0.0329. The average Bonchev–Trinajstić information content (AvgIpc) is 3.06. The van der Waals surface area contributed by atoms with Gasteiger partial charge in [-0.25, -0.2) is 0 Å². The van der Waals surface area contributed by atoms with Gasteiger partial charge in [0.1, 0.15) is 11.9 Å². The van der Waals surface area contributed by atoms with Crippen LogP contribution in [0.15, 0.2) is 18.2 Å². The van der Waals surface area contributed by atoms with E-state index in [1.54, 1.807) is 0 Å². The van der Waals surface area contributed by atoms with Crippen molar-refractivity contribution in [2.75, 3.05) is 32.8 Å². The highest BCUT2D eigenvalue weighted by molar-refractivity contribution is 5.94. The summed E-state index contributed by atoms with van der Waals surface area (Å²) >= 11 is 0. The number of amides is 1. The standard InChI is InChI=1S/C21H30N2O3/c1-16-13-18-14-17(5-6-19(18)26-16)20(24)22-15-21(7-3-2-4-8-21)23-9-11-25-12-10-23/h5-6,14,16H,2-4,7-13,15H2,1H3,(H,22,24). The number of hydrogen-bond acceptors (Lipinski definition) is 4. The summed E-state index contributed by atoms with van der Waals surface area (Å²) in [6.07, 6.45) is 7.24. The highest BCUT2D eigenvalue weighted by atomic mass is 16.5. The van der Waals surface area contributed by atoms with Crippen molar-refractivity contribution in [2.24, 2.45) is 0 Å². The van der Waals surface area contributed by atoms with Crippen LogP contribution >= 0.6 is 0 Å². The van der Waals surface area contributed by atoms with Crippen molar-refractivity contribution < 1.29 is 14.3 Å². The molecule has 142 valence electrons. The number of morpholine rings is 1. The maximum atomic E-state index is 12.8. The SMILES string of the molecule is CC1Cc2cc(C(=O)NCC3(N4CCOCC4)CCCCC3)ccc2O1. The van der Waals surface area contributed by atoms with Crippen LogP contribution in [0.1, 0.15) is 54.9 Å². The summed E-state index contributed by atoms with van der Waals surface area (Å²) in [4.78, 5) is 15.4. The molecule has 4 rings (SSSR count). The van der Waals surface area contributed by atoms with Gasteiger partial charge in [-0.05, 0) is 43.5 Å². The van der Waals surface area contributed by atoms with Crippen molar-refractivity contribution in [3.63, 3.8) is 0 Å². The van der Waals surface area contributed by atoms with E-state index in [1.807, 2.05) is 18.2 Å². The van der Waals surface area contributed by atoms with E-state index >= 15 is 0 Å². The molecule has 3 aliphatic rings. The van der Waals surface area contributed by atoms with Crippen LogP contribution in [0.4, 0.5) is 0 Å². The zero-order valence-corrected chi connectivity index (χ0v) is 15.8. The van der Waals surface area contributed by atoms with Crippen molar-refractivity contribution >= 4 is 5.91 Å². The van der Waals surface area contributed by atoms with Gasteiger partial charge in [0.25, 0.3) is 5.91 Å². The third-order valence-corrected chi connectivity index (χ3v) is 6.20. The molecule has 1 aromatic rings. The van der Waals surface area contributed by atoms with Gasteiger partial charge in [-0.3, -0.25) is 9.69 Å². The van der Waals surface area contributed by atoms with E-state index in [2.05, 4.69) is 17.1 Å². The Balaban J connectivity index is 1.44. The number of fused-ring (bicyclic) bond motifs is 1. The second-order valence-electron chi connectivity index (χ2n) is 8.02. The van der Waals surface area contributed by atoms with Gasteiger partial charge >= 0.3 is 0 Å². The topological polar surface area (TPSA) is 50.8 Å². The lowest BCUT2D eigenvalue weighted by Gasteiger charge is -2.48. The lowest BCUT2D eigenvalue weighted by Crippen LogP contribution is -2.59. The monoisotopic (exact) mass is 358 g/mol. The molecular weight excluding hydrogens is 328 g/mol. The second kappa shape index (κ2) is 7.57. The van der Waals surface area contributed by atoms with Crippen LogP contribution in [0.2, 0.25) is 0 Å². The summed E-state index contributed by atoms with van der Waals surface area (Å²) in [6, 6.07) is 5.82. The molecule has 1 saturated heterocycles. The number of ether oxygens (including phenoxy) is 2. The lowest BCUT2D eigenvalue weighted by molar-refractivity contribution is -0.0361. The van der Waals surface area contributed by atoms with Crippen LogP contribution in [0.5, 0.6) is 5.75 Å². The molecule has 5 heteroatoms. The zero-order chi connectivity index (χ0) is 18.0. The zero-order valence-electron chi connectivity index (χ0n) is 15.8. The van der Waals surface area contributed by atoms with Crippen LogP contribution in [-0.2, 0) is 11.2 Å². The molecule has 1 N–H and O–H groups in total. The number of nitrogens with zero attached hydrogens (tertiary/aromatic N) is 1. The van der Waals surface area contributed by atoms with Gasteiger partial charge in [0, 0.05) is 37.2 Å². The molecule has 1 atom stereocenters. The van der Waals surface area contributed by atoms with E-state index in [9.17, 15) is 4.79 Å². The van der Waals surface area contributed by atoms with Crippen molar-refractivity contribution in [3.8, 4) is 5.75 Å². The van der Waals surface area contributed by atoms with E-state index in [-0.39, 0.29) is 17.6 Å². The van der Waals surface area contributed by atoms with Crippen LogP contribution in [0, 0.1) is 0 Å². The van der Waals surface area contributed by atoms with Gasteiger partial charge < -0.3 is 14.8 Å². The number of carbonyl (C=O) groups is 1. The molecule has 0 radical (unpaired) electrons. The molecule has 1 amide bonds. The molecule has 1 saturated carbocycles. The van der Waals surface area contributed by atoms with E-state index < -0.39 is 0 Å². The van der Waals surface area contributed by atoms with E-state index in [4.69, 9.17) is 9.47 Å². The third kappa shape index (κ3) is 3.60. The predicted octanol–water partition coefficient (Wildman–Crippen LogP) is 2.77. The summed E-state index contributed by atoms with van der Waals surface area (Å²) in [5.41, 5.74) is 1.99. The highest BCUT2D eigenvalue weighted by Gasteiger charge is 2.38. The Morgan fingerprint density at radius 1 is 1.23 bits per heavy atom. The Hall–Kier alpha value is -1.59. The molecule has 2 fully saturated rings. The van der Waals surface area contributed by atoms with Crippen molar-refractivity contribution in [3.05, 3.63) is 29.3 Å². The van der Waals surface area contributed by atoms with E-state index in [0.29, 0.717) is 0 Å². The molecule has 26 heavy (non-hydrogen) atoms. The fraction of sp³-hybridized carbons (Fsp3) is 0.667. The van der Waals surface area contributed by atoms with E-state index in [0.717, 1.165) is 56.1 Å². The first-order valence-corrected chi connectivity index (χ1v) is 10.1. The quantitative estimate of drug-likeness (QED) is 0.899. The molecule has 1 aliphatic carbocycles. The van der Waals surface area contributed by atoms with Gasteiger partial charge in [-0.1, -0.05) is 19.3 Å². The Morgan fingerprint density at radius 2 is 2.00 bits per heavy atom. The fourth-order valence-electron chi connectivity index (χ4n) is 4.76. The van der Waals surface area contributed by atoms with Gasteiger partial charge in [-0.2, -0.15) is 0 Å². The first kappa shape index (κ1) is 17.8. The molecular formula is C21H30N2O3. The van der Waals surface area contributed by atoms with Crippen LogP contribution in [0.3, 0.4) is 0 Å². The molecule has 0 spiro atoms. The largest absolute Gasteiger partial charge is 0.490 e. The summed E-state index contributed by atoms with van der Waals surface area (Å²) in [7, 11) is 0. The van der Waals surface area contributed by atoms with Crippen LogP contribution < -0.4 is 10.1 Å². The second-order valence-corrected chi connectivity index (χ2v) is 8.02. The number of rotatable bonds is 4. The van der Waals surface area contributed by atoms with Gasteiger partial charge in [-0.15, -0.1) is 0 Å². The number of carbonyl (C=O) groups excluding carboxylic acids is 1. The van der Waals surface area contributed by atoms with Crippen molar-refractivity contribution in [2.45, 2.75) is 57.1 Å². The maximum absolute atomic E-state index is 12.8. The van der Waals surface area contributed by atoms with Crippen molar-refractivity contribution in [1.82, 2.24) is 10.2 Å².